The highest BCUT2D eigenvalue weighted by Crippen LogP contribution is 2.32. The summed E-state index contributed by atoms with van der Waals surface area (Å²) >= 11 is 0. The Bertz CT molecular complexity index is 931. The number of hydrogen-bond acceptors (Lipinski definition) is 5. The van der Waals surface area contributed by atoms with Gasteiger partial charge in [-0.1, -0.05) is 6.07 Å². The lowest BCUT2D eigenvalue weighted by atomic mass is 10.1. The highest BCUT2D eigenvalue weighted by Gasteiger charge is 2.13. The normalized spacial score (nSPS) is 10.6. The number of nitrogens with two attached hydrogens (primary N) is 1. The van der Waals surface area contributed by atoms with Crippen molar-refractivity contribution in [2.75, 3.05) is 11.1 Å². The molecule has 2 aromatic carbocycles. The first-order valence-electron chi connectivity index (χ1n) is 7.51. The van der Waals surface area contributed by atoms with Crippen LogP contribution in [0.1, 0.15) is 11.1 Å². The fraction of sp³-hybridized carbons (Fsp3) is 0.111. The van der Waals surface area contributed by atoms with Crippen LogP contribution in [-0.2, 0) is 0 Å². The Morgan fingerprint density at radius 2 is 1.80 bits per heavy atom. The molecule has 128 valence electrons. The number of rotatable bonds is 4. The fourth-order valence-corrected chi connectivity index (χ4v) is 2.17. The number of anilines is 3. The predicted molar refractivity (Wildman–Crippen MR) is 92.1 cm³/mol. The number of ether oxygens (including phenoxy) is 1. The number of aromatic nitrogens is 2. The van der Waals surface area contributed by atoms with Crippen LogP contribution in [0, 0.1) is 25.5 Å². The summed E-state index contributed by atoms with van der Waals surface area (Å²) < 4.78 is 32.5. The molecule has 3 N–H and O–H groups in total. The topological polar surface area (TPSA) is 73.1 Å². The minimum Gasteiger partial charge on any atom is -0.437 e. The van der Waals surface area contributed by atoms with E-state index in [0.29, 0.717) is 5.75 Å². The Labute approximate surface area is 143 Å². The van der Waals surface area contributed by atoms with E-state index in [-0.39, 0.29) is 23.1 Å². The molecule has 1 heterocycles. The molecule has 0 unspecified atom stereocenters. The van der Waals surface area contributed by atoms with Crippen molar-refractivity contribution >= 4 is 17.2 Å². The fourth-order valence-electron chi connectivity index (χ4n) is 2.17. The molecule has 0 aliphatic carbocycles. The monoisotopic (exact) mass is 342 g/mol. The molecular weight excluding hydrogens is 326 g/mol. The lowest BCUT2D eigenvalue weighted by molar-refractivity contribution is 0.464. The lowest BCUT2D eigenvalue weighted by Crippen LogP contribution is -2.04. The quantitative estimate of drug-likeness (QED) is 0.731. The smallest absolute Gasteiger partial charge is 0.248 e. The molecule has 1 aromatic heterocycles. The number of hydrogen-bond donors (Lipinski definition) is 2. The SMILES string of the molecule is Cc1ccc(Oc2ncnc(Nc3ccc(F)cc3F)c2N)cc1C. The number of nitrogens with one attached hydrogen (secondary N) is 1. The van der Waals surface area contributed by atoms with Gasteiger partial charge in [0.05, 0.1) is 5.69 Å². The second-order valence-corrected chi connectivity index (χ2v) is 5.54. The first kappa shape index (κ1) is 16.6. The Hall–Kier alpha value is -3.22. The van der Waals surface area contributed by atoms with E-state index >= 15 is 0 Å². The van der Waals surface area contributed by atoms with Gasteiger partial charge >= 0.3 is 0 Å². The standard InChI is InChI=1S/C18H16F2N4O/c1-10-3-5-13(7-11(10)2)25-18-16(21)17(22-9-23-18)24-15-6-4-12(19)8-14(15)20/h3-9H,21H2,1-2H3,(H,22,23,24). The predicted octanol–water partition coefficient (Wildman–Crippen LogP) is 4.49. The molecule has 25 heavy (non-hydrogen) atoms. The van der Waals surface area contributed by atoms with Crippen LogP contribution < -0.4 is 15.8 Å². The minimum atomic E-state index is -0.755. The summed E-state index contributed by atoms with van der Waals surface area (Å²) in [6, 6.07) is 8.76. The number of halogens is 2. The molecule has 3 rings (SSSR count). The third kappa shape index (κ3) is 3.65. The summed E-state index contributed by atoms with van der Waals surface area (Å²) in [7, 11) is 0. The van der Waals surface area contributed by atoms with E-state index in [2.05, 4.69) is 15.3 Å². The maximum absolute atomic E-state index is 13.8. The zero-order valence-corrected chi connectivity index (χ0v) is 13.7. The molecule has 0 atom stereocenters. The molecule has 0 bridgehead atoms. The molecular formula is C18H16F2N4O. The van der Waals surface area contributed by atoms with Gasteiger partial charge in [0.1, 0.15) is 29.4 Å². The largest absolute Gasteiger partial charge is 0.437 e. The first-order chi connectivity index (χ1) is 11.9. The van der Waals surface area contributed by atoms with Crippen molar-refractivity contribution < 1.29 is 13.5 Å². The summed E-state index contributed by atoms with van der Waals surface area (Å²) in [4.78, 5) is 8.00. The van der Waals surface area contributed by atoms with Gasteiger partial charge in [0.25, 0.3) is 0 Å². The van der Waals surface area contributed by atoms with Gasteiger partial charge in [0, 0.05) is 6.07 Å². The van der Waals surface area contributed by atoms with Crippen LogP contribution in [0.25, 0.3) is 0 Å². The maximum Gasteiger partial charge on any atom is 0.248 e. The van der Waals surface area contributed by atoms with Gasteiger partial charge in [-0.15, -0.1) is 0 Å². The highest BCUT2D eigenvalue weighted by molar-refractivity contribution is 5.72. The van der Waals surface area contributed by atoms with Crippen LogP contribution in [0.4, 0.5) is 26.0 Å². The van der Waals surface area contributed by atoms with Crippen molar-refractivity contribution in [1.29, 1.82) is 0 Å². The maximum atomic E-state index is 13.8. The van der Waals surface area contributed by atoms with E-state index in [1.165, 1.54) is 12.4 Å². The molecule has 0 spiro atoms. The average Bonchev–Trinajstić information content (AvgIpc) is 2.57. The van der Waals surface area contributed by atoms with Gasteiger partial charge < -0.3 is 15.8 Å². The molecule has 0 aliphatic heterocycles. The Balaban J connectivity index is 1.87. The third-order valence-corrected chi connectivity index (χ3v) is 3.72. The Morgan fingerprint density at radius 3 is 2.52 bits per heavy atom. The molecule has 0 saturated heterocycles. The highest BCUT2D eigenvalue weighted by atomic mass is 19.1. The van der Waals surface area contributed by atoms with Gasteiger partial charge in [0.2, 0.25) is 5.88 Å². The Morgan fingerprint density at radius 1 is 1.00 bits per heavy atom. The molecule has 0 fully saturated rings. The summed E-state index contributed by atoms with van der Waals surface area (Å²) in [5.74, 6) is -0.540. The summed E-state index contributed by atoms with van der Waals surface area (Å²) in [6.07, 6.45) is 1.25. The van der Waals surface area contributed by atoms with Crippen molar-refractivity contribution in [3.8, 4) is 11.6 Å². The number of nitrogens with zero attached hydrogens (tertiary/aromatic N) is 2. The minimum absolute atomic E-state index is 0.0453. The van der Waals surface area contributed by atoms with Crippen molar-refractivity contribution in [1.82, 2.24) is 9.97 Å². The van der Waals surface area contributed by atoms with Crippen molar-refractivity contribution in [3.05, 3.63) is 65.5 Å². The number of benzene rings is 2. The van der Waals surface area contributed by atoms with E-state index in [1.54, 1.807) is 6.07 Å². The van der Waals surface area contributed by atoms with E-state index in [0.717, 1.165) is 23.3 Å². The molecule has 0 aliphatic rings. The molecule has 5 nitrogen and oxygen atoms in total. The number of aryl methyl sites for hydroxylation is 2. The second kappa shape index (κ2) is 6.72. The summed E-state index contributed by atoms with van der Waals surface area (Å²) in [5.41, 5.74) is 8.38. The third-order valence-electron chi connectivity index (χ3n) is 3.72. The lowest BCUT2D eigenvalue weighted by Gasteiger charge is -2.13. The molecule has 0 radical (unpaired) electrons. The zero-order chi connectivity index (χ0) is 18.0. The first-order valence-corrected chi connectivity index (χ1v) is 7.51. The van der Waals surface area contributed by atoms with Gasteiger partial charge in [-0.25, -0.2) is 13.8 Å². The summed E-state index contributed by atoms with van der Waals surface area (Å²) in [6.45, 7) is 3.97. The Kier molecular flexibility index (Phi) is 4.47. The van der Waals surface area contributed by atoms with E-state index in [1.807, 2.05) is 26.0 Å². The zero-order valence-electron chi connectivity index (χ0n) is 13.7. The average molecular weight is 342 g/mol. The van der Waals surface area contributed by atoms with Crippen LogP contribution in [0.5, 0.6) is 11.6 Å². The molecule has 3 aromatic rings. The van der Waals surface area contributed by atoms with Crippen LogP contribution in [0.15, 0.2) is 42.7 Å². The summed E-state index contributed by atoms with van der Waals surface area (Å²) in [5, 5.41) is 2.72. The van der Waals surface area contributed by atoms with E-state index in [9.17, 15) is 8.78 Å². The number of nitrogen functional groups attached to an aromatic ring is 1. The van der Waals surface area contributed by atoms with Crippen LogP contribution in [-0.4, -0.2) is 9.97 Å². The van der Waals surface area contributed by atoms with E-state index < -0.39 is 11.6 Å². The van der Waals surface area contributed by atoms with Crippen LogP contribution in [0.2, 0.25) is 0 Å². The molecule has 0 amide bonds. The van der Waals surface area contributed by atoms with Gasteiger partial charge in [-0.05, 0) is 49.2 Å². The van der Waals surface area contributed by atoms with Crippen LogP contribution in [0.3, 0.4) is 0 Å². The van der Waals surface area contributed by atoms with Crippen molar-refractivity contribution in [2.24, 2.45) is 0 Å². The molecule has 0 saturated carbocycles. The van der Waals surface area contributed by atoms with Crippen molar-refractivity contribution in [2.45, 2.75) is 13.8 Å². The van der Waals surface area contributed by atoms with E-state index in [4.69, 9.17) is 10.5 Å². The van der Waals surface area contributed by atoms with Crippen molar-refractivity contribution in [3.63, 3.8) is 0 Å². The second-order valence-electron chi connectivity index (χ2n) is 5.54. The van der Waals surface area contributed by atoms with Gasteiger partial charge in [0.15, 0.2) is 5.82 Å². The van der Waals surface area contributed by atoms with Crippen LogP contribution >= 0.6 is 0 Å². The molecule has 7 heteroatoms. The van der Waals surface area contributed by atoms with Gasteiger partial charge in [-0.3, -0.25) is 0 Å². The van der Waals surface area contributed by atoms with Gasteiger partial charge in [-0.2, -0.15) is 4.98 Å².